The van der Waals surface area contributed by atoms with Crippen molar-refractivity contribution >= 4 is 0 Å². The van der Waals surface area contributed by atoms with Crippen LogP contribution in [0.5, 0.6) is 0 Å². The highest BCUT2D eigenvalue weighted by Crippen LogP contribution is 2.19. The molecule has 0 saturated heterocycles. The summed E-state index contributed by atoms with van der Waals surface area (Å²) in [6.45, 7) is 0. The predicted octanol–water partition coefficient (Wildman–Crippen LogP) is 1.72. The van der Waals surface area contributed by atoms with Gasteiger partial charge in [0.25, 0.3) is 5.89 Å². The minimum absolute atomic E-state index is 0.339. The number of aromatic nitrogens is 4. The highest BCUT2D eigenvalue weighted by atomic mass is 16.5. The molecule has 15 heavy (non-hydrogen) atoms. The van der Waals surface area contributed by atoms with Crippen molar-refractivity contribution in [3.63, 3.8) is 0 Å². The quantitative estimate of drug-likeness (QED) is 0.684. The number of aromatic amines is 1. The maximum atomic E-state index is 5.12. The number of imidazole rings is 1. The summed E-state index contributed by atoms with van der Waals surface area (Å²) in [7, 11) is 0. The zero-order valence-corrected chi connectivity index (χ0v) is 7.54. The zero-order chi connectivity index (χ0) is 10.1. The summed E-state index contributed by atoms with van der Waals surface area (Å²) in [5, 5.41) is 3.77. The fourth-order valence-corrected chi connectivity index (χ4v) is 1.21. The van der Waals surface area contributed by atoms with E-state index in [4.69, 9.17) is 8.94 Å². The van der Waals surface area contributed by atoms with Gasteiger partial charge in [0, 0.05) is 12.4 Å². The molecule has 6 heteroatoms. The lowest BCUT2D eigenvalue weighted by atomic mass is 10.4. The van der Waals surface area contributed by atoms with E-state index in [9.17, 15) is 0 Å². The van der Waals surface area contributed by atoms with E-state index < -0.39 is 0 Å². The Balaban J connectivity index is 2.02. The molecule has 0 bridgehead atoms. The van der Waals surface area contributed by atoms with Crippen molar-refractivity contribution in [1.82, 2.24) is 20.1 Å². The van der Waals surface area contributed by atoms with Gasteiger partial charge in [0.2, 0.25) is 5.82 Å². The number of hydrogen-bond donors (Lipinski definition) is 1. The lowest BCUT2D eigenvalue weighted by Crippen LogP contribution is -1.82. The largest absolute Gasteiger partial charge is 0.459 e. The van der Waals surface area contributed by atoms with E-state index in [1.165, 1.54) is 0 Å². The maximum absolute atomic E-state index is 5.12. The molecule has 0 saturated carbocycles. The lowest BCUT2D eigenvalue weighted by Gasteiger charge is -1.83. The summed E-state index contributed by atoms with van der Waals surface area (Å²) < 4.78 is 10.1. The van der Waals surface area contributed by atoms with Crippen LogP contribution in [0.1, 0.15) is 0 Å². The molecule has 0 spiro atoms. The third-order valence-electron chi connectivity index (χ3n) is 1.87. The van der Waals surface area contributed by atoms with Crippen molar-refractivity contribution in [1.29, 1.82) is 0 Å². The number of furan rings is 1. The van der Waals surface area contributed by atoms with Gasteiger partial charge in [-0.05, 0) is 12.1 Å². The first-order valence-corrected chi connectivity index (χ1v) is 4.31. The van der Waals surface area contributed by atoms with Crippen molar-refractivity contribution in [2.75, 3.05) is 0 Å². The zero-order valence-electron chi connectivity index (χ0n) is 7.54. The van der Waals surface area contributed by atoms with Gasteiger partial charge in [-0.2, -0.15) is 4.98 Å². The first-order valence-electron chi connectivity index (χ1n) is 4.31. The summed E-state index contributed by atoms with van der Waals surface area (Å²) in [6.07, 6.45) is 4.86. The minimum Gasteiger partial charge on any atom is -0.459 e. The van der Waals surface area contributed by atoms with E-state index in [1.54, 1.807) is 30.8 Å². The normalized spacial score (nSPS) is 10.7. The van der Waals surface area contributed by atoms with Crippen molar-refractivity contribution in [3.8, 4) is 23.3 Å². The molecule has 0 radical (unpaired) electrons. The molecular weight excluding hydrogens is 196 g/mol. The van der Waals surface area contributed by atoms with Crippen LogP contribution in [0.2, 0.25) is 0 Å². The number of nitrogens with one attached hydrogen (secondary N) is 1. The number of nitrogens with zero attached hydrogens (tertiary/aromatic N) is 3. The molecule has 3 aromatic rings. The maximum Gasteiger partial charge on any atom is 0.294 e. The fourth-order valence-electron chi connectivity index (χ4n) is 1.21. The second kappa shape index (κ2) is 3.09. The van der Waals surface area contributed by atoms with Gasteiger partial charge in [-0.1, -0.05) is 5.16 Å². The summed E-state index contributed by atoms with van der Waals surface area (Å²) >= 11 is 0. The first-order chi connectivity index (χ1) is 7.43. The van der Waals surface area contributed by atoms with Gasteiger partial charge in [-0.3, -0.25) is 0 Å². The fraction of sp³-hybridized carbons (Fsp3) is 0. The van der Waals surface area contributed by atoms with Crippen molar-refractivity contribution < 1.29 is 8.94 Å². The molecule has 6 nitrogen and oxygen atoms in total. The van der Waals surface area contributed by atoms with Gasteiger partial charge in [0.05, 0.1) is 6.26 Å². The topological polar surface area (TPSA) is 80.7 Å². The molecular formula is C9H6N4O2. The number of rotatable bonds is 2. The summed E-state index contributed by atoms with van der Waals surface area (Å²) in [6, 6.07) is 3.51. The Morgan fingerprint density at radius 1 is 1.33 bits per heavy atom. The van der Waals surface area contributed by atoms with E-state index in [0.29, 0.717) is 23.3 Å². The number of hydrogen-bond acceptors (Lipinski definition) is 5. The molecule has 74 valence electrons. The second-order valence-corrected chi connectivity index (χ2v) is 2.84. The Kier molecular flexibility index (Phi) is 1.64. The van der Waals surface area contributed by atoms with Crippen LogP contribution in [0.25, 0.3) is 23.3 Å². The standard InChI is InChI=1S/C9H6N4O2/c1-2-6(14-5-1)9-12-8(13-15-9)7-10-3-4-11-7/h1-5H,(H,10,11). The second-order valence-electron chi connectivity index (χ2n) is 2.84. The third-order valence-corrected chi connectivity index (χ3v) is 1.87. The van der Waals surface area contributed by atoms with Crippen LogP contribution in [0.3, 0.4) is 0 Å². The van der Waals surface area contributed by atoms with Crippen LogP contribution in [0.4, 0.5) is 0 Å². The van der Waals surface area contributed by atoms with Gasteiger partial charge in [0.1, 0.15) is 0 Å². The SMILES string of the molecule is c1coc(-c2nc(-c3ncc[nH]3)no2)c1. The van der Waals surface area contributed by atoms with Gasteiger partial charge in [0.15, 0.2) is 11.6 Å². The van der Waals surface area contributed by atoms with E-state index in [0.717, 1.165) is 0 Å². The van der Waals surface area contributed by atoms with Crippen molar-refractivity contribution in [2.45, 2.75) is 0 Å². The molecule has 0 atom stereocenters. The molecule has 0 aromatic carbocycles. The average Bonchev–Trinajstić information content (AvgIpc) is 3.02. The monoisotopic (exact) mass is 202 g/mol. The molecule has 0 amide bonds. The Hall–Kier alpha value is -2.37. The van der Waals surface area contributed by atoms with E-state index in [-0.39, 0.29) is 0 Å². The van der Waals surface area contributed by atoms with Gasteiger partial charge in [-0.25, -0.2) is 4.98 Å². The van der Waals surface area contributed by atoms with E-state index >= 15 is 0 Å². The van der Waals surface area contributed by atoms with E-state index in [1.807, 2.05) is 0 Å². The predicted molar refractivity (Wildman–Crippen MR) is 49.6 cm³/mol. The Morgan fingerprint density at radius 3 is 3.07 bits per heavy atom. The van der Waals surface area contributed by atoms with Gasteiger partial charge in [-0.15, -0.1) is 0 Å². The van der Waals surface area contributed by atoms with Gasteiger partial charge >= 0.3 is 0 Å². The van der Waals surface area contributed by atoms with Crippen molar-refractivity contribution in [3.05, 3.63) is 30.8 Å². The molecule has 0 fully saturated rings. The molecule has 1 N–H and O–H groups in total. The average molecular weight is 202 g/mol. The molecule has 0 aliphatic carbocycles. The summed E-state index contributed by atoms with van der Waals surface area (Å²) in [4.78, 5) is 11.0. The lowest BCUT2D eigenvalue weighted by molar-refractivity contribution is 0.416. The van der Waals surface area contributed by atoms with Gasteiger partial charge < -0.3 is 13.9 Å². The van der Waals surface area contributed by atoms with Crippen LogP contribution in [-0.4, -0.2) is 20.1 Å². The third kappa shape index (κ3) is 1.32. The van der Waals surface area contributed by atoms with E-state index in [2.05, 4.69) is 20.1 Å². The smallest absolute Gasteiger partial charge is 0.294 e. The summed E-state index contributed by atoms with van der Waals surface area (Å²) in [5.41, 5.74) is 0. The minimum atomic E-state index is 0.339. The van der Waals surface area contributed by atoms with Crippen LogP contribution in [0, 0.1) is 0 Å². The summed E-state index contributed by atoms with van der Waals surface area (Å²) in [5.74, 6) is 1.86. The Labute approximate surface area is 84.0 Å². The molecule has 0 aliphatic heterocycles. The highest BCUT2D eigenvalue weighted by Gasteiger charge is 2.13. The van der Waals surface area contributed by atoms with Crippen LogP contribution in [0.15, 0.2) is 39.7 Å². The van der Waals surface area contributed by atoms with Crippen molar-refractivity contribution in [2.24, 2.45) is 0 Å². The molecule has 0 aliphatic rings. The molecule has 3 heterocycles. The van der Waals surface area contributed by atoms with Crippen LogP contribution in [-0.2, 0) is 0 Å². The number of H-pyrrole nitrogens is 1. The molecule has 3 aromatic heterocycles. The molecule has 3 rings (SSSR count). The first kappa shape index (κ1) is 7.98. The Morgan fingerprint density at radius 2 is 2.33 bits per heavy atom. The highest BCUT2D eigenvalue weighted by molar-refractivity contribution is 5.49. The Bertz CT molecular complexity index is 490. The van der Waals surface area contributed by atoms with Crippen LogP contribution < -0.4 is 0 Å². The molecule has 0 unspecified atom stereocenters. The van der Waals surface area contributed by atoms with Crippen LogP contribution >= 0.6 is 0 Å².